The average molecular weight is 394 g/mol. The summed E-state index contributed by atoms with van der Waals surface area (Å²) >= 11 is 0. The summed E-state index contributed by atoms with van der Waals surface area (Å²) in [5.74, 6) is 1.24. The predicted molar refractivity (Wildman–Crippen MR) is 109 cm³/mol. The summed E-state index contributed by atoms with van der Waals surface area (Å²) in [6, 6.07) is 11.0. The van der Waals surface area contributed by atoms with E-state index >= 15 is 0 Å². The second-order valence-electron chi connectivity index (χ2n) is 6.79. The molecule has 0 bridgehead atoms. The van der Waals surface area contributed by atoms with Crippen LogP contribution in [0.3, 0.4) is 0 Å². The van der Waals surface area contributed by atoms with Crippen LogP contribution < -0.4 is 16.0 Å². The minimum absolute atomic E-state index is 0.0622. The molecular formula is C21H22N4O4. The zero-order valence-electron chi connectivity index (χ0n) is 16.6. The lowest BCUT2D eigenvalue weighted by molar-refractivity contribution is 0.414. The molecule has 0 atom stereocenters. The number of rotatable bonds is 6. The standard InChI is InChI=1S/C21H22N4O4/c1-4-25-19-18(14(2)22-25)23(12-15-7-5-8-16(11-15)28-3)21(27)24(20(19)26)13-17-9-6-10-29-17/h5-11H,4,12-13H2,1-3H3. The Balaban J connectivity index is 1.97. The molecule has 0 aliphatic rings. The SMILES string of the molecule is CCn1nc(C)c2c1c(=O)n(Cc1ccco1)c(=O)n2Cc1cccc(OC)c1. The van der Waals surface area contributed by atoms with Gasteiger partial charge in [-0.05, 0) is 43.7 Å². The highest BCUT2D eigenvalue weighted by Gasteiger charge is 2.21. The third-order valence-electron chi connectivity index (χ3n) is 4.94. The van der Waals surface area contributed by atoms with Gasteiger partial charge in [0.25, 0.3) is 5.56 Å². The molecule has 0 radical (unpaired) electrons. The molecule has 3 aromatic heterocycles. The van der Waals surface area contributed by atoms with E-state index in [4.69, 9.17) is 9.15 Å². The molecule has 150 valence electrons. The Hall–Kier alpha value is -3.55. The summed E-state index contributed by atoms with van der Waals surface area (Å²) in [6.45, 7) is 4.61. The van der Waals surface area contributed by atoms with Crippen LogP contribution in [0, 0.1) is 6.92 Å². The highest BCUT2D eigenvalue weighted by Crippen LogP contribution is 2.18. The molecule has 0 unspecified atom stereocenters. The fourth-order valence-electron chi connectivity index (χ4n) is 3.59. The van der Waals surface area contributed by atoms with Gasteiger partial charge in [-0.2, -0.15) is 5.10 Å². The monoisotopic (exact) mass is 394 g/mol. The fraction of sp³-hybridized carbons (Fsp3) is 0.286. The van der Waals surface area contributed by atoms with Gasteiger partial charge in [-0.1, -0.05) is 12.1 Å². The number of benzene rings is 1. The van der Waals surface area contributed by atoms with Gasteiger partial charge < -0.3 is 9.15 Å². The Morgan fingerprint density at radius 2 is 1.90 bits per heavy atom. The van der Waals surface area contributed by atoms with Gasteiger partial charge in [-0.15, -0.1) is 0 Å². The van der Waals surface area contributed by atoms with Crippen LogP contribution >= 0.6 is 0 Å². The maximum Gasteiger partial charge on any atom is 0.332 e. The van der Waals surface area contributed by atoms with Crippen molar-refractivity contribution in [3.63, 3.8) is 0 Å². The Bertz CT molecular complexity index is 1280. The minimum atomic E-state index is -0.402. The quantitative estimate of drug-likeness (QED) is 0.501. The molecule has 0 aliphatic carbocycles. The van der Waals surface area contributed by atoms with Crippen molar-refractivity contribution >= 4 is 11.0 Å². The molecule has 0 aliphatic heterocycles. The number of furan rings is 1. The van der Waals surface area contributed by atoms with Crippen molar-refractivity contribution in [2.45, 2.75) is 33.5 Å². The first kappa shape index (κ1) is 18.8. The third-order valence-corrected chi connectivity index (χ3v) is 4.94. The topological polar surface area (TPSA) is 84.2 Å². The lowest BCUT2D eigenvalue weighted by atomic mass is 10.2. The van der Waals surface area contributed by atoms with Crippen LogP contribution in [0.5, 0.6) is 5.75 Å². The van der Waals surface area contributed by atoms with Crippen LogP contribution in [-0.4, -0.2) is 26.0 Å². The third kappa shape index (κ3) is 3.26. The lowest BCUT2D eigenvalue weighted by Crippen LogP contribution is -2.41. The lowest BCUT2D eigenvalue weighted by Gasteiger charge is -2.13. The Morgan fingerprint density at radius 1 is 1.07 bits per heavy atom. The first-order valence-corrected chi connectivity index (χ1v) is 9.39. The predicted octanol–water partition coefficient (Wildman–Crippen LogP) is 2.39. The van der Waals surface area contributed by atoms with E-state index in [0.29, 0.717) is 41.3 Å². The molecular weight excluding hydrogens is 372 g/mol. The second-order valence-corrected chi connectivity index (χ2v) is 6.79. The van der Waals surface area contributed by atoms with Gasteiger partial charge in [-0.25, -0.2) is 4.79 Å². The molecule has 0 amide bonds. The molecule has 0 N–H and O–H groups in total. The van der Waals surface area contributed by atoms with Gasteiger partial charge in [-0.3, -0.25) is 18.6 Å². The van der Waals surface area contributed by atoms with Crippen LogP contribution in [0.2, 0.25) is 0 Å². The van der Waals surface area contributed by atoms with Gasteiger partial charge in [0.2, 0.25) is 0 Å². The number of hydrogen-bond acceptors (Lipinski definition) is 5. The molecule has 4 aromatic rings. The van der Waals surface area contributed by atoms with Gasteiger partial charge in [0.05, 0.1) is 37.7 Å². The van der Waals surface area contributed by atoms with Crippen molar-refractivity contribution in [1.82, 2.24) is 18.9 Å². The fourth-order valence-corrected chi connectivity index (χ4v) is 3.59. The number of aryl methyl sites for hydroxylation is 2. The first-order valence-electron chi connectivity index (χ1n) is 9.39. The second kappa shape index (κ2) is 7.46. The van der Waals surface area contributed by atoms with Gasteiger partial charge in [0.1, 0.15) is 11.5 Å². The van der Waals surface area contributed by atoms with Crippen LogP contribution in [0.4, 0.5) is 0 Å². The van der Waals surface area contributed by atoms with E-state index in [1.54, 1.807) is 28.5 Å². The Labute approximate surface area is 166 Å². The van der Waals surface area contributed by atoms with Crippen molar-refractivity contribution in [2.24, 2.45) is 0 Å². The summed E-state index contributed by atoms with van der Waals surface area (Å²) in [5.41, 5.74) is 1.73. The summed E-state index contributed by atoms with van der Waals surface area (Å²) in [4.78, 5) is 26.6. The largest absolute Gasteiger partial charge is 0.497 e. The van der Waals surface area contributed by atoms with Crippen molar-refractivity contribution in [3.8, 4) is 5.75 Å². The number of aromatic nitrogens is 4. The maximum absolute atomic E-state index is 13.4. The van der Waals surface area contributed by atoms with E-state index in [9.17, 15) is 9.59 Å². The zero-order chi connectivity index (χ0) is 20.5. The Morgan fingerprint density at radius 3 is 2.59 bits per heavy atom. The summed E-state index contributed by atoms with van der Waals surface area (Å²) in [7, 11) is 1.60. The molecule has 0 spiro atoms. The normalized spacial score (nSPS) is 11.3. The molecule has 1 aromatic carbocycles. The van der Waals surface area contributed by atoms with E-state index in [0.717, 1.165) is 5.56 Å². The maximum atomic E-state index is 13.4. The number of nitrogens with zero attached hydrogens (tertiary/aromatic N) is 4. The van der Waals surface area contributed by atoms with Crippen LogP contribution in [0.1, 0.15) is 23.9 Å². The average Bonchev–Trinajstić information content (AvgIpc) is 3.36. The number of fused-ring (bicyclic) bond motifs is 1. The minimum Gasteiger partial charge on any atom is -0.497 e. The van der Waals surface area contributed by atoms with Crippen molar-refractivity contribution in [2.75, 3.05) is 7.11 Å². The van der Waals surface area contributed by atoms with E-state index in [1.165, 1.54) is 10.8 Å². The highest BCUT2D eigenvalue weighted by molar-refractivity contribution is 5.77. The molecule has 8 nitrogen and oxygen atoms in total. The molecule has 0 saturated heterocycles. The van der Waals surface area contributed by atoms with E-state index < -0.39 is 5.69 Å². The first-order chi connectivity index (χ1) is 14.0. The molecule has 0 fully saturated rings. The zero-order valence-corrected chi connectivity index (χ0v) is 16.6. The number of hydrogen-bond donors (Lipinski definition) is 0. The molecule has 4 rings (SSSR count). The number of methoxy groups -OCH3 is 1. The van der Waals surface area contributed by atoms with Crippen molar-refractivity contribution in [1.29, 1.82) is 0 Å². The van der Waals surface area contributed by atoms with E-state index in [1.807, 2.05) is 38.1 Å². The van der Waals surface area contributed by atoms with Gasteiger partial charge in [0.15, 0.2) is 5.52 Å². The van der Waals surface area contributed by atoms with Gasteiger partial charge >= 0.3 is 5.69 Å². The smallest absolute Gasteiger partial charge is 0.332 e. The molecule has 8 heteroatoms. The highest BCUT2D eigenvalue weighted by atomic mass is 16.5. The Kier molecular flexibility index (Phi) is 4.84. The molecule has 0 saturated carbocycles. The van der Waals surface area contributed by atoms with E-state index in [2.05, 4.69) is 5.10 Å². The van der Waals surface area contributed by atoms with Gasteiger partial charge in [0, 0.05) is 6.54 Å². The van der Waals surface area contributed by atoms with Crippen LogP contribution in [0.15, 0.2) is 56.7 Å². The van der Waals surface area contributed by atoms with Crippen molar-refractivity contribution in [3.05, 3.63) is 80.5 Å². The molecule has 3 heterocycles. The summed E-state index contributed by atoms with van der Waals surface area (Å²) in [5, 5.41) is 4.48. The number of ether oxygens (including phenoxy) is 1. The molecule has 29 heavy (non-hydrogen) atoms. The van der Waals surface area contributed by atoms with E-state index in [-0.39, 0.29) is 12.1 Å². The summed E-state index contributed by atoms with van der Waals surface area (Å²) in [6.07, 6.45) is 1.52. The van der Waals surface area contributed by atoms with Crippen LogP contribution in [0.25, 0.3) is 11.0 Å². The summed E-state index contributed by atoms with van der Waals surface area (Å²) < 4.78 is 15.1. The van der Waals surface area contributed by atoms with Crippen LogP contribution in [-0.2, 0) is 19.6 Å². The van der Waals surface area contributed by atoms with Crippen molar-refractivity contribution < 1.29 is 9.15 Å².